The molecule has 9 heteroatoms. The Balaban J connectivity index is 1.35. The normalized spacial score (nSPS) is 31.2. The number of aromatic nitrogens is 2. The zero-order chi connectivity index (χ0) is 20.7. The smallest absolute Gasteiger partial charge is 0.231 e. The lowest BCUT2D eigenvalue weighted by atomic mass is 9.97. The van der Waals surface area contributed by atoms with E-state index in [0.29, 0.717) is 30.7 Å². The zero-order valence-electron chi connectivity index (χ0n) is 17.3. The Morgan fingerprint density at radius 1 is 1.23 bits per heavy atom. The fourth-order valence-corrected chi connectivity index (χ4v) is 5.27. The number of nitrogens with one attached hydrogen (secondary N) is 4. The maximum absolute atomic E-state index is 11.4. The van der Waals surface area contributed by atoms with Crippen molar-refractivity contribution < 1.29 is 4.79 Å². The molecule has 0 aromatic carbocycles. The number of fused-ring (bicyclic) bond motifs is 3. The molecule has 1 amide bonds. The first kappa shape index (κ1) is 19.5. The Bertz CT molecular complexity index is 922. The van der Waals surface area contributed by atoms with Crippen LogP contribution in [0, 0.1) is 0 Å². The fourth-order valence-electron chi connectivity index (χ4n) is 5.27. The molecule has 5 rings (SSSR count). The molecule has 5 atom stereocenters. The third-order valence-electron chi connectivity index (χ3n) is 6.58. The van der Waals surface area contributed by atoms with Crippen LogP contribution in [-0.2, 0) is 4.79 Å². The lowest BCUT2D eigenvalue weighted by molar-refractivity contribution is -0.120. The Morgan fingerprint density at radius 3 is 2.73 bits per heavy atom. The minimum atomic E-state index is -0.236. The summed E-state index contributed by atoms with van der Waals surface area (Å²) in [5.74, 6) is 1.45. The van der Waals surface area contributed by atoms with Gasteiger partial charge in [0.2, 0.25) is 5.91 Å². The fraction of sp³-hybridized carbons (Fsp3) is 0.571. The van der Waals surface area contributed by atoms with Crippen LogP contribution in [0.4, 0.5) is 11.6 Å². The van der Waals surface area contributed by atoms with Crippen molar-refractivity contribution in [3.8, 4) is 0 Å². The molecule has 2 bridgehead atoms. The molecule has 2 aromatic rings. The number of hydrazine groups is 1. The Morgan fingerprint density at radius 2 is 2.03 bits per heavy atom. The number of hydrogen-bond acceptors (Lipinski definition) is 8. The predicted octanol–water partition coefficient (Wildman–Crippen LogP) is 1.15. The minimum absolute atomic E-state index is 0.134. The summed E-state index contributed by atoms with van der Waals surface area (Å²) in [7, 11) is 0. The van der Waals surface area contributed by atoms with Gasteiger partial charge >= 0.3 is 0 Å². The Kier molecular flexibility index (Phi) is 5.18. The molecule has 2 aromatic heterocycles. The zero-order valence-corrected chi connectivity index (χ0v) is 17.3. The van der Waals surface area contributed by atoms with Crippen LogP contribution in [0.15, 0.2) is 24.4 Å². The maximum Gasteiger partial charge on any atom is 0.231 e. The highest BCUT2D eigenvalue weighted by atomic mass is 16.1. The summed E-state index contributed by atoms with van der Waals surface area (Å²) in [5.41, 5.74) is 12.9. The number of pyridine rings is 2. The summed E-state index contributed by atoms with van der Waals surface area (Å²) in [5, 5.41) is 8.21. The lowest BCUT2D eigenvalue weighted by Gasteiger charge is -2.38. The SMILES string of the molecule is CC1CC(Nc2cc3ncccc3c(NC3C[C@H]4CC[C@@H](C3)N4CC(N)=O)n2)NN1. The van der Waals surface area contributed by atoms with E-state index >= 15 is 0 Å². The minimum Gasteiger partial charge on any atom is -0.369 e. The van der Waals surface area contributed by atoms with Gasteiger partial charge in [-0.25, -0.2) is 10.4 Å². The summed E-state index contributed by atoms with van der Waals surface area (Å²) in [4.78, 5) is 23.2. The van der Waals surface area contributed by atoms with Gasteiger partial charge in [0.25, 0.3) is 0 Å². The second-order valence-electron chi connectivity index (χ2n) is 8.88. The molecule has 30 heavy (non-hydrogen) atoms. The van der Waals surface area contributed by atoms with Crippen molar-refractivity contribution in [1.29, 1.82) is 0 Å². The van der Waals surface area contributed by atoms with Crippen LogP contribution in [0.25, 0.3) is 10.9 Å². The summed E-state index contributed by atoms with van der Waals surface area (Å²) in [6.45, 7) is 2.52. The first-order valence-corrected chi connectivity index (χ1v) is 10.9. The summed E-state index contributed by atoms with van der Waals surface area (Å²) >= 11 is 0. The Hall–Kier alpha value is -2.49. The van der Waals surface area contributed by atoms with Crippen LogP contribution in [0.2, 0.25) is 0 Å². The number of piperidine rings is 1. The van der Waals surface area contributed by atoms with Crippen LogP contribution in [0.1, 0.15) is 39.0 Å². The van der Waals surface area contributed by atoms with Crippen LogP contribution in [0.5, 0.6) is 0 Å². The van der Waals surface area contributed by atoms with Crippen molar-refractivity contribution in [2.45, 2.75) is 69.4 Å². The first-order valence-electron chi connectivity index (χ1n) is 10.9. The molecule has 5 heterocycles. The molecular weight excluding hydrogens is 380 g/mol. The average Bonchev–Trinajstić information content (AvgIpc) is 3.20. The highest BCUT2D eigenvalue weighted by Gasteiger charge is 2.41. The van der Waals surface area contributed by atoms with Crippen molar-refractivity contribution in [1.82, 2.24) is 25.7 Å². The molecule has 3 aliphatic rings. The van der Waals surface area contributed by atoms with Gasteiger partial charge < -0.3 is 16.4 Å². The van der Waals surface area contributed by atoms with Crippen LogP contribution < -0.4 is 27.2 Å². The van der Waals surface area contributed by atoms with Crippen LogP contribution in [0.3, 0.4) is 0 Å². The number of nitrogens with two attached hydrogens (primary N) is 1. The van der Waals surface area contributed by atoms with Crippen molar-refractivity contribution in [3.63, 3.8) is 0 Å². The second-order valence-corrected chi connectivity index (χ2v) is 8.88. The van der Waals surface area contributed by atoms with Gasteiger partial charge in [-0.3, -0.25) is 20.1 Å². The summed E-state index contributed by atoms with van der Waals surface area (Å²) in [6.07, 6.45) is 7.18. The molecule has 3 saturated heterocycles. The quantitative estimate of drug-likeness (QED) is 0.481. The van der Waals surface area contributed by atoms with E-state index in [2.05, 4.69) is 44.4 Å². The van der Waals surface area contributed by atoms with Gasteiger partial charge in [0, 0.05) is 41.8 Å². The number of primary amides is 1. The van der Waals surface area contributed by atoms with E-state index in [1.54, 1.807) is 0 Å². The monoisotopic (exact) mass is 410 g/mol. The number of carbonyl (C=O) groups excluding carboxylic acids is 1. The van der Waals surface area contributed by atoms with E-state index in [4.69, 9.17) is 10.7 Å². The predicted molar refractivity (Wildman–Crippen MR) is 117 cm³/mol. The van der Waals surface area contributed by atoms with Gasteiger partial charge in [0.05, 0.1) is 18.2 Å². The van der Waals surface area contributed by atoms with E-state index in [9.17, 15) is 4.79 Å². The number of carbonyl (C=O) groups is 1. The third-order valence-corrected chi connectivity index (χ3v) is 6.58. The molecular formula is C21H30N8O. The molecule has 0 radical (unpaired) electrons. The number of amides is 1. The van der Waals surface area contributed by atoms with E-state index in [1.807, 2.05) is 18.3 Å². The van der Waals surface area contributed by atoms with Gasteiger partial charge in [-0.1, -0.05) is 0 Å². The standard InChI is InChI=1S/C21H30N8O/c1-12-7-20(28-27-12)25-19-10-17-16(3-2-6-23-17)21(26-19)24-13-8-14-4-5-15(9-13)29(14)11-18(22)30/h2-3,6,10,12-15,20,27-28H,4-5,7-9,11H2,1H3,(H2,22,30)(H2,24,25,26)/t12?,13?,14-,15+,20?. The number of anilines is 2. The maximum atomic E-state index is 11.4. The van der Waals surface area contributed by atoms with Gasteiger partial charge in [-0.15, -0.1) is 0 Å². The molecule has 160 valence electrons. The molecule has 0 aliphatic carbocycles. The van der Waals surface area contributed by atoms with E-state index in [0.717, 1.165) is 54.6 Å². The van der Waals surface area contributed by atoms with E-state index < -0.39 is 0 Å². The van der Waals surface area contributed by atoms with Crippen molar-refractivity contribution in [2.75, 3.05) is 17.2 Å². The van der Waals surface area contributed by atoms with Gasteiger partial charge in [0.1, 0.15) is 11.6 Å². The van der Waals surface area contributed by atoms with Crippen molar-refractivity contribution in [3.05, 3.63) is 24.4 Å². The van der Waals surface area contributed by atoms with Crippen molar-refractivity contribution >= 4 is 28.4 Å². The van der Waals surface area contributed by atoms with Crippen LogP contribution in [-0.4, -0.2) is 57.7 Å². The first-order chi connectivity index (χ1) is 14.5. The Labute approximate surface area is 176 Å². The molecule has 0 saturated carbocycles. The van der Waals surface area contributed by atoms with Crippen LogP contribution >= 0.6 is 0 Å². The van der Waals surface area contributed by atoms with E-state index in [1.165, 1.54) is 0 Å². The van der Waals surface area contributed by atoms with Gasteiger partial charge in [-0.2, -0.15) is 0 Å². The highest BCUT2D eigenvalue weighted by Crippen LogP contribution is 2.37. The summed E-state index contributed by atoms with van der Waals surface area (Å²) in [6, 6.07) is 7.58. The molecule has 9 nitrogen and oxygen atoms in total. The summed E-state index contributed by atoms with van der Waals surface area (Å²) < 4.78 is 0. The highest BCUT2D eigenvalue weighted by molar-refractivity contribution is 5.91. The van der Waals surface area contributed by atoms with E-state index in [-0.39, 0.29) is 12.1 Å². The second kappa shape index (κ2) is 7.98. The largest absolute Gasteiger partial charge is 0.369 e. The average molecular weight is 411 g/mol. The van der Waals surface area contributed by atoms with Crippen molar-refractivity contribution in [2.24, 2.45) is 5.73 Å². The lowest BCUT2D eigenvalue weighted by Crippen LogP contribution is -2.49. The third kappa shape index (κ3) is 3.92. The molecule has 3 fully saturated rings. The molecule has 0 spiro atoms. The number of rotatable bonds is 6. The number of hydrogen-bond donors (Lipinski definition) is 5. The topological polar surface area (TPSA) is 120 Å². The van der Waals surface area contributed by atoms with Gasteiger partial charge in [-0.05, 0) is 51.2 Å². The molecule has 3 unspecified atom stereocenters. The molecule has 3 aliphatic heterocycles. The van der Waals surface area contributed by atoms with Gasteiger partial charge in [0.15, 0.2) is 0 Å². The number of nitrogens with zero attached hydrogens (tertiary/aromatic N) is 3. The molecule has 6 N–H and O–H groups in total.